The number of halogens is 3. The Hall–Kier alpha value is -1.40. The number of amides is 1. The van der Waals surface area contributed by atoms with Gasteiger partial charge in [0.05, 0.1) is 5.92 Å². The molecule has 1 saturated carbocycles. The molecule has 1 aromatic rings. The molecule has 1 amide bonds. The summed E-state index contributed by atoms with van der Waals surface area (Å²) in [5.74, 6) is -0.224. The SMILES string of the molecule is Cl.NC1CCCC1C(=O)NCc1ccccc1OC(F)F. The van der Waals surface area contributed by atoms with Crippen LogP contribution in [0.2, 0.25) is 0 Å². The molecule has 2 rings (SSSR count). The third kappa shape index (κ3) is 4.82. The van der Waals surface area contributed by atoms with Gasteiger partial charge in [0.15, 0.2) is 0 Å². The summed E-state index contributed by atoms with van der Waals surface area (Å²) >= 11 is 0. The molecule has 0 saturated heterocycles. The lowest BCUT2D eigenvalue weighted by molar-refractivity contribution is -0.125. The fraction of sp³-hybridized carbons (Fsp3) is 0.500. The third-order valence-corrected chi connectivity index (χ3v) is 3.55. The van der Waals surface area contributed by atoms with Crippen molar-refractivity contribution in [2.45, 2.75) is 38.5 Å². The number of ether oxygens (including phenoxy) is 1. The van der Waals surface area contributed by atoms with Crippen LogP contribution in [0.25, 0.3) is 0 Å². The Labute approximate surface area is 128 Å². The quantitative estimate of drug-likeness (QED) is 0.876. The predicted octanol–water partition coefficient (Wildman–Crippen LogP) is 2.45. The van der Waals surface area contributed by atoms with Gasteiger partial charge in [-0.05, 0) is 18.9 Å². The maximum atomic E-state index is 12.3. The van der Waals surface area contributed by atoms with Gasteiger partial charge < -0.3 is 15.8 Å². The van der Waals surface area contributed by atoms with Crippen LogP contribution in [0.5, 0.6) is 5.75 Å². The number of hydrogen-bond donors (Lipinski definition) is 2. The van der Waals surface area contributed by atoms with Crippen molar-refractivity contribution in [3.8, 4) is 5.75 Å². The van der Waals surface area contributed by atoms with Gasteiger partial charge in [0, 0.05) is 18.2 Å². The Kier molecular flexibility index (Phi) is 6.84. The van der Waals surface area contributed by atoms with Gasteiger partial charge in [-0.25, -0.2) is 0 Å². The first-order chi connectivity index (χ1) is 9.58. The number of nitrogens with one attached hydrogen (secondary N) is 1. The van der Waals surface area contributed by atoms with Crippen LogP contribution < -0.4 is 15.8 Å². The third-order valence-electron chi connectivity index (χ3n) is 3.55. The number of rotatable bonds is 5. The van der Waals surface area contributed by atoms with Crippen molar-refractivity contribution >= 4 is 18.3 Å². The van der Waals surface area contributed by atoms with Gasteiger partial charge in [-0.15, -0.1) is 12.4 Å². The Morgan fingerprint density at radius 1 is 1.38 bits per heavy atom. The lowest BCUT2D eigenvalue weighted by Gasteiger charge is -2.16. The number of carbonyl (C=O) groups is 1. The smallest absolute Gasteiger partial charge is 0.387 e. The molecule has 0 radical (unpaired) electrons. The average Bonchev–Trinajstić information content (AvgIpc) is 2.83. The molecule has 21 heavy (non-hydrogen) atoms. The minimum absolute atomic E-state index is 0. The number of hydrogen-bond acceptors (Lipinski definition) is 3. The molecule has 1 aromatic carbocycles. The van der Waals surface area contributed by atoms with Gasteiger partial charge in [-0.2, -0.15) is 8.78 Å². The molecular weight excluding hydrogens is 302 g/mol. The number of benzene rings is 1. The van der Waals surface area contributed by atoms with E-state index < -0.39 is 6.61 Å². The summed E-state index contributed by atoms with van der Waals surface area (Å²) in [6.07, 6.45) is 2.58. The molecule has 7 heteroatoms. The molecule has 0 spiro atoms. The maximum absolute atomic E-state index is 12.3. The van der Waals surface area contributed by atoms with Gasteiger partial charge in [0.2, 0.25) is 5.91 Å². The monoisotopic (exact) mass is 320 g/mol. The topological polar surface area (TPSA) is 64.4 Å². The number of para-hydroxylation sites is 1. The molecular formula is C14H19ClF2N2O2. The van der Waals surface area contributed by atoms with E-state index in [0.717, 1.165) is 19.3 Å². The average molecular weight is 321 g/mol. The summed E-state index contributed by atoms with van der Waals surface area (Å²) in [5.41, 5.74) is 6.38. The van der Waals surface area contributed by atoms with Crippen molar-refractivity contribution in [1.82, 2.24) is 5.32 Å². The second kappa shape index (κ2) is 8.14. The van der Waals surface area contributed by atoms with Gasteiger partial charge in [0.25, 0.3) is 0 Å². The normalized spacial score (nSPS) is 21.0. The highest BCUT2D eigenvalue weighted by Gasteiger charge is 2.30. The summed E-state index contributed by atoms with van der Waals surface area (Å²) in [6.45, 7) is -2.72. The van der Waals surface area contributed by atoms with Crippen LogP contribution in [-0.2, 0) is 11.3 Å². The van der Waals surface area contributed by atoms with Crippen molar-refractivity contribution in [2.75, 3.05) is 0 Å². The Bertz CT molecular complexity index is 474. The molecule has 3 N–H and O–H groups in total. The van der Waals surface area contributed by atoms with E-state index in [1.807, 2.05) is 0 Å². The van der Waals surface area contributed by atoms with Gasteiger partial charge >= 0.3 is 6.61 Å². The standard InChI is InChI=1S/C14H18F2N2O2.ClH/c15-14(16)20-12-7-2-1-4-9(12)8-18-13(19)10-5-3-6-11(10)17;/h1-2,4,7,10-11,14H,3,5-6,8,17H2,(H,18,19);1H. The zero-order valence-electron chi connectivity index (χ0n) is 11.4. The number of nitrogens with two attached hydrogens (primary N) is 1. The van der Waals surface area contributed by atoms with E-state index in [-0.39, 0.29) is 42.6 Å². The van der Waals surface area contributed by atoms with Crippen molar-refractivity contribution in [2.24, 2.45) is 11.7 Å². The summed E-state index contributed by atoms with van der Waals surface area (Å²) < 4.78 is 29.0. The summed E-state index contributed by atoms with van der Waals surface area (Å²) in [5, 5.41) is 2.74. The zero-order chi connectivity index (χ0) is 14.5. The van der Waals surface area contributed by atoms with Crippen molar-refractivity contribution in [3.05, 3.63) is 29.8 Å². The van der Waals surface area contributed by atoms with Crippen LogP contribution in [0.4, 0.5) is 8.78 Å². The Balaban J connectivity index is 0.00000220. The minimum atomic E-state index is -2.88. The zero-order valence-corrected chi connectivity index (χ0v) is 12.2. The maximum Gasteiger partial charge on any atom is 0.387 e. The summed E-state index contributed by atoms with van der Waals surface area (Å²) in [4.78, 5) is 12.0. The Morgan fingerprint density at radius 3 is 2.71 bits per heavy atom. The van der Waals surface area contributed by atoms with Gasteiger partial charge in [-0.3, -0.25) is 4.79 Å². The number of carbonyl (C=O) groups excluding carboxylic acids is 1. The molecule has 0 aromatic heterocycles. The van der Waals surface area contributed by atoms with Crippen LogP contribution in [-0.4, -0.2) is 18.6 Å². The highest BCUT2D eigenvalue weighted by molar-refractivity contribution is 5.85. The molecule has 2 atom stereocenters. The first-order valence-electron chi connectivity index (χ1n) is 6.64. The molecule has 1 aliphatic rings. The highest BCUT2D eigenvalue weighted by Crippen LogP contribution is 2.25. The van der Waals surface area contributed by atoms with E-state index >= 15 is 0 Å². The van der Waals surface area contributed by atoms with Crippen LogP contribution in [0.3, 0.4) is 0 Å². The van der Waals surface area contributed by atoms with Gasteiger partial charge in [0.1, 0.15) is 5.75 Å². The highest BCUT2D eigenvalue weighted by atomic mass is 35.5. The lowest BCUT2D eigenvalue weighted by Crippen LogP contribution is -2.38. The van der Waals surface area contributed by atoms with E-state index in [1.165, 1.54) is 6.07 Å². The van der Waals surface area contributed by atoms with E-state index in [2.05, 4.69) is 10.1 Å². The molecule has 2 unspecified atom stereocenters. The predicted molar refractivity (Wildman–Crippen MR) is 77.5 cm³/mol. The van der Waals surface area contributed by atoms with Crippen molar-refractivity contribution < 1.29 is 18.3 Å². The minimum Gasteiger partial charge on any atom is -0.434 e. The molecule has 0 heterocycles. The molecule has 1 aliphatic carbocycles. The van der Waals surface area contributed by atoms with E-state index in [0.29, 0.717) is 5.56 Å². The van der Waals surface area contributed by atoms with Crippen LogP contribution in [0.1, 0.15) is 24.8 Å². The molecule has 118 valence electrons. The van der Waals surface area contributed by atoms with Crippen molar-refractivity contribution in [1.29, 1.82) is 0 Å². The molecule has 4 nitrogen and oxygen atoms in total. The second-order valence-electron chi connectivity index (χ2n) is 4.91. The lowest BCUT2D eigenvalue weighted by atomic mass is 10.0. The first kappa shape index (κ1) is 17.7. The van der Waals surface area contributed by atoms with Crippen molar-refractivity contribution in [3.63, 3.8) is 0 Å². The molecule has 0 bridgehead atoms. The van der Waals surface area contributed by atoms with Crippen LogP contribution in [0, 0.1) is 5.92 Å². The largest absolute Gasteiger partial charge is 0.434 e. The van der Waals surface area contributed by atoms with E-state index in [1.54, 1.807) is 18.2 Å². The van der Waals surface area contributed by atoms with Crippen LogP contribution in [0.15, 0.2) is 24.3 Å². The second-order valence-corrected chi connectivity index (χ2v) is 4.91. The number of alkyl halides is 2. The first-order valence-corrected chi connectivity index (χ1v) is 6.64. The van der Waals surface area contributed by atoms with E-state index in [4.69, 9.17) is 5.73 Å². The molecule has 0 aliphatic heterocycles. The fourth-order valence-electron chi connectivity index (χ4n) is 2.49. The Morgan fingerprint density at radius 2 is 2.10 bits per heavy atom. The van der Waals surface area contributed by atoms with Crippen LogP contribution >= 0.6 is 12.4 Å². The van der Waals surface area contributed by atoms with E-state index in [9.17, 15) is 13.6 Å². The summed E-state index contributed by atoms with van der Waals surface area (Å²) in [6, 6.07) is 6.31. The van der Waals surface area contributed by atoms with Gasteiger partial charge in [-0.1, -0.05) is 24.6 Å². The fourth-order valence-corrected chi connectivity index (χ4v) is 2.49. The molecule has 1 fully saturated rings. The summed E-state index contributed by atoms with van der Waals surface area (Å²) in [7, 11) is 0.